The van der Waals surface area contributed by atoms with E-state index in [1.807, 2.05) is 0 Å². The van der Waals surface area contributed by atoms with Gasteiger partial charge in [0.05, 0.1) is 5.69 Å². The van der Waals surface area contributed by atoms with E-state index in [2.05, 4.69) is 10.1 Å². The van der Waals surface area contributed by atoms with Crippen LogP contribution in [0, 0.1) is 0 Å². The predicted molar refractivity (Wildman–Crippen MR) is 51.5 cm³/mol. The van der Waals surface area contributed by atoms with Gasteiger partial charge in [0.25, 0.3) is 0 Å². The first-order valence-electron chi connectivity index (χ1n) is 3.76. The van der Waals surface area contributed by atoms with Gasteiger partial charge in [-0.15, -0.1) is 0 Å². The Kier molecular flexibility index (Phi) is 2.16. The molecule has 0 amide bonds. The quantitative estimate of drug-likeness (QED) is 0.717. The molecule has 74 valence electrons. The summed E-state index contributed by atoms with van der Waals surface area (Å²) >= 11 is 0. The molecule has 5 nitrogen and oxygen atoms in total. The molecule has 0 aromatic carbocycles. The van der Waals surface area contributed by atoms with Crippen LogP contribution in [-0.2, 0) is 14.8 Å². The SMILES string of the molecule is O=S(=O)(Cl)Cc1cc2ncccn2n1. The van der Waals surface area contributed by atoms with Gasteiger partial charge in [0, 0.05) is 29.1 Å². The maximum Gasteiger partial charge on any atom is 0.238 e. The second-order valence-corrected chi connectivity index (χ2v) is 5.52. The molecule has 0 saturated heterocycles. The standard InChI is InChI=1S/C7H6ClN3O2S/c8-14(12,13)5-6-4-7-9-2-1-3-11(7)10-6/h1-4H,5H2. The molecule has 2 rings (SSSR count). The lowest BCUT2D eigenvalue weighted by Gasteiger charge is -1.88. The van der Waals surface area contributed by atoms with Crippen LogP contribution in [0.1, 0.15) is 5.69 Å². The first-order chi connectivity index (χ1) is 6.54. The third kappa shape index (κ3) is 2.02. The third-order valence-electron chi connectivity index (χ3n) is 1.61. The molecule has 2 aromatic heterocycles. The number of rotatable bonds is 2. The molecule has 0 saturated carbocycles. The van der Waals surface area contributed by atoms with E-state index in [4.69, 9.17) is 10.7 Å². The van der Waals surface area contributed by atoms with Gasteiger partial charge < -0.3 is 0 Å². The van der Waals surface area contributed by atoms with E-state index in [-0.39, 0.29) is 5.75 Å². The molecule has 2 aromatic rings. The molecule has 0 aliphatic heterocycles. The maximum absolute atomic E-state index is 10.8. The normalized spacial score (nSPS) is 12.1. The Balaban J connectivity index is 2.46. The van der Waals surface area contributed by atoms with Crippen molar-refractivity contribution in [1.82, 2.24) is 14.6 Å². The fourth-order valence-electron chi connectivity index (χ4n) is 1.13. The van der Waals surface area contributed by atoms with Crippen LogP contribution in [0.25, 0.3) is 5.65 Å². The van der Waals surface area contributed by atoms with Crippen molar-refractivity contribution in [3.8, 4) is 0 Å². The fraction of sp³-hybridized carbons (Fsp3) is 0.143. The zero-order chi connectivity index (χ0) is 10.2. The van der Waals surface area contributed by atoms with Crippen LogP contribution in [0.4, 0.5) is 0 Å². The molecule has 14 heavy (non-hydrogen) atoms. The van der Waals surface area contributed by atoms with Crippen molar-refractivity contribution in [2.45, 2.75) is 5.75 Å². The minimum atomic E-state index is -3.56. The summed E-state index contributed by atoms with van der Waals surface area (Å²) in [5.41, 5.74) is 0.988. The molecule has 7 heteroatoms. The van der Waals surface area contributed by atoms with Crippen molar-refractivity contribution in [2.75, 3.05) is 0 Å². The molecular weight excluding hydrogens is 226 g/mol. The van der Waals surface area contributed by atoms with Crippen molar-refractivity contribution >= 4 is 25.4 Å². The molecule has 0 aliphatic rings. The van der Waals surface area contributed by atoms with Crippen molar-refractivity contribution in [1.29, 1.82) is 0 Å². The van der Waals surface area contributed by atoms with Gasteiger partial charge >= 0.3 is 0 Å². The van der Waals surface area contributed by atoms with Crippen LogP contribution in [0.5, 0.6) is 0 Å². The Morgan fingerprint density at radius 1 is 1.50 bits per heavy atom. The highest BCUT2D eigenvalue weighted by Gasteiger charge is 2.10. The first-order valence-corrected chi connectivity index (χ1v) is 6.24. The molecule has 0 atom stereocenters. The monoisotopic (exact) mass is 231 g/mol. The average Bonchev–Trinajstić information content (AvgIpc) is 2.42. The minimum absolute atomic E-state index is 0.280. The third-order valence-corrected chi connectivity index (χ3v) is 2.57. The fourth-order valence-corrected chi connectivity index (χ4v) is 1.96. The highest BCUT2D eigenvalue weighted by atomic mass is 35.7. The van der Waals surface area contributed by atoms with Gasteiger partial charge in [0.2, 0.25) is 9.05 Å². The zero-order valence-electron chi connectivity index (χ0n) is 6.96. The van der Waals surface area contributed by atoms with E-state index < -0.39 is 9.05 Å². The Hall–Kier alpha value is -1.14. The van der Waals surface area contributed by atoms with Gasteiger partial charge in [-0.25, -0.2) is 17.9 Å². The molecule has 0 aliphatic carbocycles. The van der Waals surface area contributed by atoms with Gasteiger partial charge in [-0.1, -0.05) is 0 Å². The van der Waals surface area contributed by atoms with Crippen molar-refractivity contribution in [2.24, 2.45) is 0 Å². The lowest BCUT2D eigenvalue weighted by atomic mass is 10.5. The first kappa shape index (κ1) is 9.42. The molecule has 0 unspecified atom stereocenters. The van der Waals surface area contributed by atoms with E-state index in [1.165, 1.54) is 4.52 Å². The minimum Gasteiger partial charge on any atom is -0.237 e. The second kappa shape index (κ2) is 3.21. The zero-order valence-corrected chi connectivity index (χ0v) is 8.53. The van der Waals surface area contributed by atoms with E-state index in [0.717, 1.165) is 0 Å². The highest BCUT2D eigenvalue weighted by molar-refractivity contribution is 8.13. The van der Waals surface area contributed by atoms with Crippen LogP contribution >= 0.6 is 10.7 Å². The summed E-state index contributed by atoms with van der Waals surface area (Å²) in [4.78, 5) is 3.99. The number of nitrogens with zero attached hydrogens (tertiary/aromatic N) is 3. The van der Waals surface area contributed by atoms with Crippen LogP contribution in [0.3, 0.4) is 0 Å². The Bertz CT molecular complexity index is 530. The van der Waals surface area contributed by atoms with E-state index in [9.17, 15) is 8.42 Å². The van der Waals surface area contributed by atoms with Crippen LogP contribution < -0.4 is 0 Å². The molecule has 0 radical (unpaired) electrons. The van der Waals surface area contributed by atoms with E-state index in [0.29, 0.717) is 11.3 Å². The van der Waals surface area contributed by atoms with Gasteiger partial charge in [-0.3, -0.25) is 0 Å². The Labute approximate surface area is 84.8 Å². The average molecular weight is 232 g/mol. The summed E-state index contributed by atoms with van der Waals surface area (Å²) in [7, 11) is 1.54. The topological polar surface area (TPSA) is 64.3 Å². The van der Waals surface area contributed by atoms with Crippen LogP contribution in [-0.4, -0.2) is 23.0 Å². The van der Waals surface area contributed by atoms with Crippen molar-refractivity contribution < 1.29 is 8.42 Å². The lowest BCUT2D eigenvalue weighted by molar-refractivity contribution is 0.608. The number of halogens is 1. The van der Waals surface area contributed by atoms with Crippen molar-refractivity contribution in [3.63, 3.8) is 0 Å². The lowest BCUT2D eigenvalue weighted by Crippen LogP contribution is -1.96. The molecule has 0 bridgehead atoms. The Morgan fingerprint density at radius 2 is 2.29 bits per heavy atom. The molecule has 0 N–H and O–H groups in total. The molecule has 0 spiro atoms. The van der Waals surface area contributed by atoms with Crippen LogP contribution in [0.2, 0.25) is 0 Å². The molecule has 0 fully saturated rings. The molecular formula is C7H6ClN3O2S. The summed E-state index contributed by atoms with van der Waals surface area (Å²) in [6.07, 6.45) is 3.29. The number of hydrogen-bond donors (Lipinski definition) is 0. The summed E-state index contributed by atoms with van der Waals surface area (Å²) in [5, 5.41) is 3.99. The van der Waals surface area contributed by atoms with Gasteiger partial charge in [-0.2, -0.15) is 5.10 Å². The second-order valence-electron chi connectivity index (χ2n) is 2.74. The van der Waals surface area contributed by atoms with Gasteiger partial charge in [0.1, 0.15) is 5.75 Å². The van der Waals surface area contributed by atoms with Crippen LogP contribution in [0.15, 0.2) is 24.5 Å². The summed E-state index contributed by atoms with van der Waals surface area (Å²) in [6.45, 7) is 0. The molecule has 2 heterocycles. The largest absolute Gasteiger partial charge is 0.238 e. The van der Waals surface area contributed by atoms with Gasteiger partial charge in [0.15, 0.2) is 5.65 Å². The highest BCUT2D eigenvalue weighted by Crippen LogP contribution is 2.09. The smallest absolute Gasteiger partial charge is 0.237 e. The van der Waals surface area contributed by atoms with E-state index in [1.54, 1.807) is 24.5 Å². The number of fused-ring (bicyclic) bond motifs is 1. The summed E-state index contributed by atoms with van der Waals surface area (Å²) < 4.78 is 23.0. The predicted octanol–water partition coefficient (Wildman–Crippen LogP) is 0.798. The Morgan fingerprint density at radius 3 is 2.93 bits per heavy atom. The van der Waals surface area contributed by atoms with E-state index >= 15 is 0 Å². The summed E-state index contributed by atoms with van der Waals surface area (Å²) in [5.74, 6) is -0.280. The number of hydrogen-bond acceptors (Lipinski definition) is 4. The van der Waals surface area contributed by atoms with Crippen molar-refractivity contribution in [3.05, 3.63) is 30.2 Å². The maximum atomic E-state index is 10.8. The summed E-state index contributed by atoms with van der Waals surface area (Å²) in [6, 6.07) is 3.29. The van der Waals surface area contributed by atoms with Gasteiger partial charge in [-0.05, 0) is 6.07 Å². The number of aromatic nitrogens is 3.